The molecule has 0 radical (unpaired) electrons. The summed E-state index contributed by atoms with van der Waals surface area (Å²) in [6.07, 6.45) is 0.338. The number of carbonyl (C=O) groups is 2. The monoisotopic (exact) mass is 327 g/mol. The van der Waals surface area contributed by atoms with E-state index in [1.165, 1.54) is 0 Å². The molecule has 0 aliphatic carbocycles. The molecule has 0 amide bonds. The summed E-state index contributed by atoms with van der Waals surface area (Å²) in [4.78, 5) is 23.8. The smallest absolute Gasteiger partial charge is 0.323 e. The molecule has 2 aromatic carbocycles. The van der Waals surface area contributed by atoms with E-state index in [1.807, 2.05) is 37.3 Å². The van der Waals surface area contributed by atoms with E-state index in [1.54, 1.807) is 24.3 Å². The molecule has 0 fully saturated rings. The summed E-state index contributed by atoms with van der Waals surface area (Å²) in [5.74, 6) is -0.0729. The number of esters is 1. The zero-order valence-corrected chi connectivity index (χ0v) is 13.6. The fraction of sp³-hybridized carbons (Fsp3) is 0.263. The lowest BCUT2D eigenvalue weighted by Crippen LogP contribution is -2.35. The zero-order valence-electron chi connectivity index (χ0n) is 13.6. The Morgan fingerprint density at radius 2 is 1.71 bits per heavy atom. The molecule has 5 nitrogen and oxygen atoms in total. The van der Waals surface area contributed by atoms with Crippen LogP contribution in [0.3, 0.4) is 0 Å². The van der Waals surface area contributed by atoms with E-state index < -0.39 is 12.0 Å². The summed E-state index contributed by atoms with van der Waals surface area (Å²) >= 11 is 0. The van der Waals surface area contributed by atoms with Gasteiger partial charge in [0.2, 0.25) is 0 Å². The quantitative estimate of drug-likeness (QED) is 0.595. The molecule has 0 aromatic heterocycles. The van der Waals surface area contributed by atoms with Gasteiger partial charge < -0.3 is 15.2 Å². The normalized spacial score (nSPS) is 11.6. The number of hydrogen-bond acceptors (Lipinski definition) is 5. The summed E-state index contributed by atoms with van der Waals surface area (Å²) in [6.45, 7) is 2.21. The van der Waals surface area contributed by atoms with Gasteiger partial charge in [-0.2, -0.15) is 0 Å². The number of ether oxygens (including phenoxy) is 2. The summed E-state index contributed by atoms with van der Waals surface area (Å²) in [5.41, 5.74) is 7.26. The highest BCUT2D eigenvalue weighted by molar-refractivity contribution is 5.98. The van der Waals surface area contributed by atoms with Crippen molar-refractivity contribution in [3.8, 4) is 5.75 Å². The summed E-state index contributed by atoms with van der Waals surface area (Å²) in [7, 11) is 0. The van der Waals surface area contributed by atoms with Crippen molar-refractivity contribution in [1.29, 1.82) is 0 Å². The van der Waals surface area contributed by atoms with Crippen molar-refractivity contribution in [3.63, 3.8) is 0 Å². The highest BCUT2D eigenvalue weighted by Gasteiger charge is 2.17. The number of ketones is 1. The molecule has 0 heterocycles. The fourth-order valence-corrected chi connectivity index (χ4v) is 2.18. The third kappa shape index (κ3) is 5.21. The van der Waals surface area contributed by atoms with Gasteiger partial charge in [-0.3, -0.25) is 9.59 Å². The second-order valence-electron chi connectivity index (χ2n) is 5.28. The van der Waals surface area contributed by atoms with Crippen LogP contribution in [0.1, 0.15) is 22.8 Å². The Morgan fingerprint density at radius 3 is 2.33 bits per heavy atom. The first-order valence-corrected chi connectivity index (χ1v) is 7.82. The first kappa shape index (κ1) is 17.7. The Morgan fingerprint density at radius 1 is 1.04 bits per heavy atom. The number of nitrogens with two attached hydrogens (primary N) is 1. The molecule has 0 spiro atoms. The van der Waals surface area contributed by atoms with E-state index in [0.717, 1.165) is 11.3 Å². The van der Waals surface area contributed by atoms with Crippen molar-refractivity contribution in [2.24, 2.45) is 5.73 Å². The number of rotatable bonds is 8. The number of Topliss-reactive ketones (excluding diaryl/α,β-unsaturated/α-hetero) is 1. The summed E-state index contributed by atoms with van der Waals surface area (Å²) in [6, 6.07) is 15.2. The molecule has 5 heteroatoms. The third-order valence-corrected chi connectivity index (χ3v) is 3.43. The highest BCUT2D eigenvalue weighted by Crippen LogP contribution is 2.13. The van der Waals surface area contributed by atoms with E-state index in [2.05, 4.69) is 0 Å². The first-order valence-electron chi connectivity index (χ1n) is 7.82. The van der Waals surface area contributed by atoms with Gasteiger partial charge in [-0.25, -0.2) is 0 Å². The van der Waals surface area contributed by atoms with Crippen LogP contribution in [0.5, 0.6) is 5.75 Å². The Bertz CT molecular complexity index is 668. The van der Waals surface area contributed by atoms with Crippen LogP contribution < -0.4 is 10.5 Å². The lowest BCUT2D eigenvalue weighted by molar-refractivity contribution is -0.144. The molecular weight excluding hydrogens is 306 g/mol. The molecule has 1 atom stereocenters. The predicted molar refractivity (Wildman–Crippen MR) is 91.0 cm³/mol. The molecule has 0 saturated carbocycles. The van der Waals surface area contributed by atoms with E-state index in [-0.39, 0.29) is 12.4 Å². The van der Waals surface area contributed by atoms with Crippen molar-refractivity contribution >= 4 is 11.8 Å². The largest absolute Gasteiger partial charge is 0.494 e. The zero-order chi connectivity index (χ0) is 17.4. The van der Waals surface area contributed by atoms with Crippen LogP contribution in [0.15, 0.2) is 54.6 Å². The van der Waals surface area contributed by atoms with Crippen LogP contribution in [-0.4, -0.2) is 31.0 Å². The van der Waals surface area contributed by atoms with Crippen molar-refractivity contribution in [3.05, 3.63) is 65.7 Å². The molecule has 0 unspecified atom stereocenters. The molecule has 126 valence electrons. The lowest BCUT2D eigenvalue weighted by Gasteiger charge is -2.12. The number of carbonyl (C=O) groups excluding carboxylic acids is 2. The minimum absolute atomic E-state index is 0.253. The fourth-order valence-electron chi connectivity index (χ4n) is 2.18. The van der Waals surface area contributed by atoms with Crippen LogP contribution >= 0.6 is 0 Å². The van der Waals surface area contributed by atoms with Gasteiger partial charge in [0.25, 0.3) is 0 Å². The second kappa shape index (κ2) is 8.84. The van der Waals surface area contributed by atoms with Crippen LogP contribution in [-0.2, 0) is 16.0 Å². The van der Waals surface area contributed by atoms with Gasteiger partial charge in [0.1, 0.15) is 11.8 Å². The highest BCUT2D eigenvalue weighted by atomic mass is 16.5. The van der Waals surface area contributed by atoms with Gasteiger partial charge in [0.05, 0.1) is 6.61 Å². The van der Waals surface area contributed by atoms with Crippen LogP contribution in [0.4, 0.5) is 0 Å². The van der Waals surface area contributed by atoms with E-state index >= 15 is 0 Å². The van der Waals surface area contributed by atoms with Crippen LogP contribution in [0.2, 0.25) is 0 Å². The van der Waals surface area contributed by atoms with E-state index in [9.17, 15) is 9.59 Å². The standard InChI is InChI=1S/C19H21NO4/c1-2-23-16-10-8-14(9-11-16)12-17(20)19(22)24-13-18(21)15-6-4-3-5-7-15/h3-11,17H,2,12-13,20H2,1H3/t17-/m0/s1. The maximum Gasteiger partial charge on any atom is 0.323 e. The average Bonchev–Trinajstić information content (AvgIpc) is 2.62. The molecule has 24 heavy (non-hydrogen) atoms. The van der Waals surface area contributed by atoms with E-state index in [0.29, 0.717) is 18.6 Å². The maximum absolute atomic E-state index is 11.9. The lowest BCUT2D eigenvalue weighted by atomic mass is 10.1. The maximum atomic E-state index is 11.9. The Kier molecular flexibility index (Phi) is 6.51. The van der Waals surface area contributed by atoms with Crippen LogP contribution in [0, 0.1) is 0 Å². The van der Waals surface area contributed by atoms with Crippen molar-refractivity contribution < 1.29 is 19.1 Å². The molecule has 0 bridgehead atoms. The number of hydrogen-bond donors (Lipinski definition) is 1. The molecule has 0 aliphatic rings. The molecule has 0 saturated heterocycles. The van der Waals surface area contributed by atoms with Crippen molar-refractivity contribution in [2.45, 2.75) is 19.4 Å². The minimum atomic E-state index is -0.813. The summed E-state index contributed by atoms with van der Waals surface area (Å²) < 4.78 is 10.4. The summed E-state index contributed by atoms with van der Waals surface area (Å²) in [5, 5.41) is 0. The van der Waals surface area contributed by atoms with Crippen LogP contribution in [0.25, 0.3) is 0 Å². The molecule has 2 rings (SSSR count). The molecule has 0 aliphatic heterocycles. The second-order valence-corrected chi connectivity index (χ2v) is 5.28. The van der Waals surface area contributed by atoms with E-state index in [4.69, 9.17) is 15.2 Å². The Labute approximate surface area is 141 Å². The van der Waals surface area contributed by atoms with Gasteiger partial charge in [-0.15, -0.1) is 0 Å². The SMILES string of the molecule is CCOc1ccc(C[C@H](N)C(=O)OCC(=O)c2ccccc2)cc1. The van der Waals surface area contributed by atoms with Gasteiger partial charge in [-0.1, -0.05) is 42.5 Å². The van der Waals surface area contributed by atoms with Crippen molar-refractivity contribution in [1.82, 2.24) is 0 Å². The Hall–Kier alpha value is -2.66. The van der Waals surface area contributed by atoms with Crippen molar-refractivity contribution in [2.75, 3.05) is 13.2 Å². The first-order chi connectivity index (χ1) is 11.6. The molecule has 2 aromatic rings. The van der Waals surface area contributed by atoms with Gasteiger partial charge in [0, 0.05) is 5.56 Å². The van der Waals surface area contributed by atoms with Gasteiger partial charge in [0.15, 0.2) is 12.4 Å². The Balaban J connectivity index is 1.82. The van der Waals surface area contributed by atoms with Gasteiger partial charge >= 0.3 is 5.97 Å². The predicted octanol–water partition coefficient (Wildman–Crippen LogP) is 2.38. The average molecular weight is 327 g/mol. The minimum Gasteiger partial charge on any atom is -0.494 e. The molecule has 2 N–H and O–H groups in total. The topological polar surface area (TPSA) is 78.6 Å². The third-order valence-electron chi connectivity index (χ3n) is 3.43. The number of benzene rings is 2. The molecular formula is C19H21NO4. The van der Waals surface area contributed by atoms with Gasteiger partial charge in [-0.05, 0) is 31.0 Å².